The summed E-state index contributed by atoms with van der Waals surface area (Å²) in [4.78, 5) is 16.0. The van der Waals surface area contributed by atoms with E-state index in [0.29, 0.717) is 13.2 Å². The molecule has 0 aliphatic carbocycles. The first-order chi connectivity index (χ1) is 12.3. The molecule has 6 heteroatoms. The van der Waals surface area contributed by atoms with Crippen LogP contribution in [-0.2, 0) is 19.4 Å². The summed E-state index contributed by atoms with van der Waals surface area (Å²) in [5.41, 5.74) is 2.60. The number of urea groups is 1. The van der Waals surface area contributed by atoms with E-state index >= 15 is 0 Å². The van der Waals surface area contributed by atoms with Crippen LogP contribution in [-0.4, -0.2) is 43.2 Å². The summed E-state index contributed by atoms with van der Waals surface area (Å²) >= 11 is 1.85. The van der Waals surface area contributed by atoms with Crippen LogP contribution in [0.4, 0.5) is 4.79 Å². The molecule has 132 valence electrons. The zero-order valence-electron chi connectivity index (χ0n) is 14.2. The molecule has 2 aromatic rings. The van der Waals surface area contributed by atoms with Gasteiger partial charge in [-0.05, 0) is 41.5 Å². The van der Waals surface area contributed by atoms with Gasteiger partial charge in [0.05, 0.1) is 6.04 Å². The topological polar surface area (TPSA) is 53.6 Å². The SMILES string of the molecule is O=C(NCCN1CCc2sccc2C1)NC1COc2ccccc2C1. The fourth-order valence-electron chi connectivity index (χ4n) is 3.48. The van der Waals surface area contributed by atoms with Gasteiger partial charge in [0.1, 0.15) is 12.4 Å². The molecule has 1 unspecified atom stereocenters. The predicted molar refractivity (Wildman–Crippen MR) is 99.3 cm³/mol. The number of carbonyl (C=O) groups is 1. The summed E-state index contributed by atoms with van der Waals surface area (Å²) in [5.74, 6) is 0.929. The van der Waals surface area contributed by atoms with E-state index in [1.54, 1.807) is 0 Å². The highest BCUT2D eigenvalue weighted by molar-refractivity contribution is 7.10. The number of benzene rings is 1. The third kappa shape index (κ3) is 3.96. The molecule has 3 heterocycles. The molecule has 2 aliphatic heterocycles. The highest BCUT2D eigenvalue weighted by Crippen LogP contribution is 2.24. The van der Waals surface area contributed by atoms with Crippen LogP contribution in [0.2, 0.25) is 0 Å². The molecule has 2 N–H and O–H groups in total. The molecule has 2 amide bonds. The van der Waals surface area contributed by atoms with Crippen molar-refractivity contribution in [3.63, 3.8) is 0 Å². The van der Waals surface area contributed by atoms with E-state index in [9.17, 15) is 4.79 Å². The van der Waals surface area contributed by atoms with E-state index in [1.807, 2.05) is 29.5 Å². The van der Waals surface area contributed by atoms with Gasteiger partial charge in [-0.2, -0.15) is 0 Å². The highest BCUT2D eigenvalue weighted by Gasteiger charge is 2.21. The van der Waals surface area contributed by atoms with E-state index in [1.165, 1.54) is 10.4 Å². The Hall–Kier alpha value is -2.05. The third-order valence-electron chi connectivity index (χ3n) is 4.81. The second-order valence-electron chi connectivity index (χ2n) is 6.62. The fourth-order valence-corrected chi connectivity index (χ4v) is 4.37. The van der Waals surface area contributed by atoms with Gasteiger partial charge in [0.2, 0.25) is 0 Å². The third-order valence-corrected chi connectivity index (χ3v) is 5.84. The molecule has 0 fully saturated rings. The first kappa shape index (κ1) is 16.4. The smallest absolute Gasteiger partial charge is 0.315 e. The molecule has 0 bridgehead atoms. The van der Waals surface area contributed by atoms with E-state index in [4.69, 9.17) is 4.74 Å². The molecule has 5 nitrogen and oxygen atoms in total. The lowest BCUT2D eigenvalue weighted by atomic mass is 10.0. The van der Waals surface area contributed by atoms with Gasteiger partial charge in [-0.15, -0.1) is 11.3 Å². The molecule has 25 heavy (non-hydrogen) atoms. The normalized spacial score (nSPS) is 19.4. The van der Waals surface area contributed by atoms with E-state index in [0.717, 1.165) is 43.8 Å². The lowest BCUT2D eigenvalue weighted by molar-refractivity contribution is 0.210. The van der Waals surface area contributed by atoms with Crippen molar-refractivity contribution in [3.05, 3.63) is 51.7 Å². The number of ether oxygens (including phenoxy) is 1. The summed E-state index contributed by atoms with van der Waals surface area (Å²) in [6, 6.07) is 10.1. The second-order valence-corrected chi connectivity index (χ2v) is 7.62. The minimum absolute atomic E-state index is 0.0262. The van der Waals surface area contributed by atoms with Crippen molar-refractivity contribution in [2.75, 3.05) is 26.2 Å². The van der Waals surface area contributed by atoms with Gasteiger partial charge >= 0.3 is 6.03 Å². The average Bonchev–Trinajstić information content (AvgIpc) is 3.09. The maximum atomic E-state index is 12.1. The Kier molecular flexibility index (Phi) is 4.90. The number of nitrogens with one attached hydrogen (secondary N) is 2. The molecule has 1 aromatic heterocycles. The Bertz CT molecular complexity index is 746. The van der Waals surface area contributed by atoms with Crippen LogP contribution in [0.3, 0.4) is 0 Å². The number of carbonyl (C=O) groups excluding carboxylic acids is 1. The minimum Gasteiger partial charge on any atom is -0.491 e. The monoisotopic (exact) mass is 357 g/mol. The van der Waals surface area contributed by atoms with Crippen LogP contribution in [0.1, 0.15) is 16.0 Å². The van der Waals surface area contributed by atoms with E-state index < -0.39 is 0 Å². The number of para-hydroxylation sites is 1. The van der Waals surface area contributed by atoms with Gasteiger partial charge in [0.25, 0.3) is 0 Å². The van der Waals surface area contributed by atoms with Gasteiger partial charge in [-0.1, -0.05) is 18.2 Å². The van der Waals surface area contributed by atoms with E-state index in [2.05, 4.69) is 33.0 Å². The van der Waals surface area contributed by atoms with E-state index in [-0.39, 0.29) is 12.1 Å². The van der Waals surface area contributed by atoms with Crippen molar-refractivity contribution in [1.82, 2.24) is 15.5 Å². The standard InChI is InChI=1S/C19H23N3O2S/c23-19(21-16-11-14-3-1-2-4-17(14)24-13-16)20-7-9-22-8-5-18-15(12-22)6-10-25-18/h1-4,6,10,16H,5,7-9,11-13H2,(H2,20,21,23). The molecular formula is C19H23N3O2S. The Balaban J connectivity index is 1.19. The molecule has 1 atom stereocenters. The molecule has 0 saturated heterocycles. The van der Waals surface area contributed by atoms with Crippen LogP contribution in [0.5, 0.6) is 5.75 Å². The Morgan fingerprint density at radius 2 is 2.20 bits per heavy atom. The largest absolute Gasteiger partial charge is 0.491 e. The summed E-state index contributed by atoms with van der Waals surface area (Å²) < 4.78 is 5.71. The average molecular weight is 357 g/mol. The summed E-state index contributed by atoms with van der Waals surface area (Å²) in [6.07, 6.45) is 1.94. The number of amides is 2. The zero-order chi connectivity index (χ0) is 17.1. The van der Waals surface area contributed by atoms with Crippen molar-refractivity contribution in [3.8, 4) is 5.75 Å². The van der Waals surface area contributed by atoms with Gasteiger partial charge < -0.3 is 15.4 Å². The Morgan fingerprint density at radius 3 is 3.16 bits per heavy atom. The van der Waals surface area contributed by atoms with Crippen LogP contribution in [0.25, 0.3) is 0 Å². The Morgan fingerprint density at radius 1 is 1.28 bits per heavy atom. The van der Waals surface area contributed by atoms with Crippen LogP contribution in [0, 0.1) is 0 Å². The van der Waals surface area contributed by atoms with Crippen molar-refractivity contribution in [2.24, 2.45) is 0 Å². The maximum Gasteiger partial charge on any atom is 0.315 e. The number of hydrogen-bond acceptors (Lipinski definition) is 4. The maximum absolute atomic E-state index is 12.1. The van der Waals surface area contributed by atoms with Crippen LogP contribution >= 0.6 is 11.3 Å². The predicted octanol–water partition coefficient (Wildman–Crippen LogP) is 2.41. The number of nitrogens with zero attached hydrogens (tertiary/aromatic N) is 1. The van der Waals surface area contributed by atoms with Gasteiger partial charge in [-0.3, -0.25) is 4.90 Å². The fraction of sp³-hybridized carbons (Fsp3) is 0.421. The lowest BCUT2D eigenvalue weighted by Crippen LogP contribution is -2.48. The van der Waals surface area contributed by atoms with Crippen LogP contribution in [0.15, 0.2) is 35.7 Å². The number of hydrogen-bond donors (Lipinski definition) is 2. The van der Waals surface area contributed by atoms with Gasteiger partial charge in [0, 0.05) is 31.1 Å². The first-order valence-electron chi connectivity index (χ1n) is 8.80. The number of thiophene rings is 1. The summed E-state index contributed by atoms with van der Waals surface area (Å²) in [5, 5.41) is 8.16. The minimum atomic E-state index is -0.110. The van der Waals surface area contributed by atoms with Gasteiger partial charge in [-0.25, -0.2) is 4.79 Å². The zero-order valence-corrected chi connectivity index (χ0v) is 15.0. The Labute approximate surface area is 152 Å². The molecule has 2 aliphatic rings. The molecule has 0 radical (unpaired) electrons. The lowest BCUT2D eigenvalue weighted by Gasteiger charge is -2.28. The highest BCUT2D eigenvalue weighted by atomic mass is 32.1. The number of rotatable bonds is 4. The second kappa shape index (κ2) is 7.45. The number of fused-ring (bicyclic) bond motifs is 2. The molecule has 4 rings (SSSR count). The molecule has 1 aromatic carbocycles. The summed E-state index contributed by atoms with van der Waals surface area (Å²) in [6.45, 7) is 4.14. The molecular weight excluding hydrogens is 334 g/mol. The van der Waals surface area contributed by atoms with Crippen molar-refractivity contribution in [1.29, 1.82) is 0 Å². The van der Waals surface area contributed by atoms with Crippen molar-refractivity contribution >= 4 is 17.4 Å². The van der Waals surface area contributed by atoms with Gasteiger partial charge in [0.15, 0.2) is 0 Å². The van der Waals surface area contributed by atoms with Crippen molar-refractivity contribution < 1.29 is 9.53 Å². The first-order valence-corrected chi connectivity index (χ1v) is 9.68. The molecule has 0 spiro atoms. The molecule has 0 saturated carbocycles. The van der Waals surface area contributed by atoms with Crippen LogP contribution < -0.4 is 15.4 Å². The quantitative estimate of drug-likeness (QED) is 0.884. The summed E-state index contributed by atoms with van der Waals surface area (Å²) in [7, 11) is 0. The van der Waals surface area contributed by atoms with Crippen molar-refractivity contribution in [2.45, 2.75) is 25.4 Å².